The zero-order chi connectivity index (χ0) is 23.2. The van der Waals surface area contributed by atoms with E-state index in [1.807, 2.05) is 45.0 Å². The van der Waals surface area contributed by atoms with Crippen molar-refractivity contribution in [3.05, 3.63) is 68.1 Å². The van der Waals surface area contributed by atoms with E-state index in [-0.39, 0.29) is 24.1 Å². The molecule has 0 aliphatic rings. The molecule has 0 spiro atoms. The molecule has 2 amide bonds. The van der Waals surface area contributed by atoms with Crippen LogP contribution in [0.15, 0.2) is 46.9 Å². The van der Waals surface area contributed by atoms with Crippen molar-refractivity contribution >= 4 is 62.7 Å². The van der Waals surface area contributed by atoms with Gasteiger partial charge in [0.1, 0.15) is 6.04 Å². The molecule has 1 unspecified atom stereocenters. The van der Waals surface area contributed by atoms with Crippen molar-refractivity contribution in [2.24, 2.45) is 0 Å². The fourth-order valence-corrected chi connectivity index (χ4v) is 4.48. The summed E-state index contributed by atoms with van der Waals surface area (Å²) in [6, 6.07) is 12.5. The summed E-state index contributed by atoms with van der Waals surface area (Å²) in [5, 5.41) is 3.88. The first-order valence-corrected chi connectivity index (χ1v) is 12.5. The largest absolute Gasteiger partial charge is 0.350 e. The van der Waals surface area contributed by atoms with Gasteiger partial charge in [0.05, 0.1) is 5.75 Å². The number of halogens is 3. The highest BCUT2D eigenvalue weighted by molar-refractivity contribution is 9.10. The Morgan fingerprint density at radius 2 is 1.68 bits per heavy atom. The van der Waals surface area contributed by atoms with Crippen molar-refractivity contribution in [1.82, 2.24) is 10.2 Å². The summed E-state index contributed by atoms with van der Waals surface area (Å²) in [7, 11) is 0. The molecule has 168 valence electrons. The molecular weight excluding hydrogens is 519 g/mol. The van der Waals surface area contributed by atoms with Gasteiger partial charge in [-0.15, -0.1) is 11.8 Å². The van der Waals surface area contributed by atoms with Crippen LogP contribution in [-0.2, 0) is 21.9 Å². The van der Waals surface area contributed by atoms with Gasteiger partial charge in [0, 0.05) is 37.9 Å². The van der Waals surface area contributed by atoms with E-state index in [1.165, 1.54) is 11.8 Å². The van der Waals surface area contributed by atoms with Crippen LogP contribution in [0.25, 0.3) is 0 Å². The highest BCUT2D eigenvalue weighted by Crippen LogP contribution is 2.27. The van der Waals surface area contributed by atoms with Gasteiger partial charge < -0.3 is 10.2 Å². The third kappa shape index (κ3) is 8.33. The number of carbonyl (C=O) groups excluding carboxylic acids is 2. The third-order valence-electron chi connectivity index (χ3n) is 4.46. The van der Waals surface area contributed by atoms with Crippen LogP contribution in [-0.4, -0.2) is 34.0 Å². The lowest BCUT2D eigenvalue weighted by atomic mass is 10.1. The number of hydrogen-bond acceptors (Lipinski definition) is 3. The summed E-state index contributed by atoms with van der Waals surface area (Å²) < 4.78 is 1.01. The molecule has 0 aliphatic carbocycles. The van der Waals surface area contributed by atoms with Gasteiger partial charge in [-0.3, -0.25) is 9.59 Å². The molecule has 0 saturated heterocycles. The molecule has 0 saturated carbocycles. The minimum atomic E-state index is -0.674. The first-order chi connectivity index (χ1) is 14.5. The maximum atomic E-state index is 13.2. The Balaban J connectivity index is 2.16. The molecular formula is C23H27BrCl2N2O2S. The molecule has 0 radical (unpaired) electrons. The second kappa shape index (κ2) is 11.6. The molecule has 2 aromatic rings. The highest BCUT2D eigenvalue weighted by Gasteiger charge is 2.29. The average Bonchev–Trinajstić information content (AvgIpc) is 2.67. The van der Waals surface area contributed by atoms with Crippen molar-refractivity contribution in [3.63, 3.8) is 0 Å². The number of hydrogen-bond donors (Lipinski definition) is 1. The highest BCUT2D eigenvalue weighted by atomic mass is 79.9. The lowest BCUT2D eigenvalue weighted by Gasteiger charge is -2.32. The molecule has 0 aromatic heterocycles. The monoisotopic (exact) mass is 544 g/mol. The SMILES string of the molecule is CC(C(=O)NC(C)(C)C)N(Cc1c(Cl)cccc1Cl)C(=O)CSCc1ccc(Br)cc1. The van der Waals surface area contributed by atoms with Crippen LogP contribution in [0.2, 0.25) is 10.0 Å². The fourth-order valence-electron chi connectivity index (χ4n) is 2.83. The Morgan fingerprint density at radius 3 is 2.23 bits per heavy atom. The molecule has 4 nitrogen and oxygen atoms in total. The van der Waals surface area contributed by atoms with E-state index in [0.717, 1.165) is 10.0 Å². The van der Waals surface area contributed by atoms with E-state index >= 15 is 0 Å². The minimum absolute atomic E-state index is 0.144. The van der Waals surface area contributed by atoms with Crippen LogP contribution in [0.3, 0.4) is 0 Å². The molecule has 1 N–H and O–H groups in total. The molecule has 2 aromatic carbocycles. The van der Waals surface area contributed by atoms with Crippen LogP contribution in [0.5, 0.6) is 0 Å². The van der Waals surface area contributed by atoms with Gasteiger partial charge in [-0.2, -0.15) is 0 Å². The summed E-state index contributed by atoms with van der Waals surface area (Å²) in [5.74, 6) is 0.574. The molecule has 8 heteroatoms. The van der Waals surface area contributed by atoms with Crippen LogP contribution in [0.1, 0.15) is 38.8 Å². The van der Waals surface area contributed by atoms with Gasteiger partial charge in [-0.1, -0.05) is 57.3 Å². The molecule has 0 bridgehead atoms. The lowest BCUT2D eigenvalue weighted by molar-refractivity contribution is -0.139. The van der Waals surface area contributed by atoms with E-state index in [0.29, 0.717) is 21.4 Å². The lowest BCUT2D eigenvalue weighted by Crippen LogP contribution is -2.52. The fraction of sp³-hybridized carbons (Fsp3) is 0.391. The van der Waals surface area contributed by atoms with Crippen molar-refractivity contribution in [2.45, 2.75) is 51.6 Å². The smallest absolute Gasteiger partial charge is 0.242 e. The molecule has 0 aliphatic heterocycles. The Labute approximate surface area is 207 Å². The van der Waals surface area contributed by atoms with E-state index in [9.17, 15) is 9.59 Å². The van der Waals surface area contributed by atoms with E-state index in [4.69, 9.17) is 23.2 Å². The summed E-state index contributed by atoms with van der Waals surface area (Å²) in [4.78, 5) is 27.5. The van der Waals surface area contributed by atoms with Gasteiger partial charge in [-0.25, -0.2) is 0 Å². The molecule has 1 atom stereocenters. The number of carbonyl (C=O) groups is 2. The Bertz CT molecular complexity index is 897. The van der Waals surface area contributed by atoms with E-state index < -0.39 is 11.6 Å². The van der Waals surface area contributed by atoms with Crippen LogP contribution >= 0.6 is 50.9 Å². The third-order valence-corrected chi connectivity index (χ3v) is 6.69. The normalized spacial score (nSPS) is 12.4. The first kappa shape index (κ1) is 26.0. The maximum absolute atomic E-state index is 13.2. The van der Waals surface area contributed by atoms with Crippen molar-refractivity contribution in [3.8, 4) is 0 Å². The van der Waals surface area contributed by atoms with Crippen molar-refractivity contribution < 1.29 is 9.59 Å². The quantitative estimate of drug-likeness (QED) is 0.422. The van der Waals surface area contributed by atoms with Crippen LogP contribution < -0.4 is 5.32 Å². The van der Waals surface area contributed by atoms with Crippen LogP contribution in [0, 0.1) is 0 Å². The Kier molecular flexibility index (Phi) is 9.74. The standard InChI is InChI=1S/C23H27BrCl2N2O2S/c1-15(22(30)27-23(2,3)4)28(12-18-19(25)6-5-7-20(18)26)21(29)14-31-13-16-8-10-17(24)11-9-16/h5-11,15H,12-14H2,1-4H3,(H,27,30). The van der Waals surface area contributed by atoms with E-state index in [1.54, 1.807) is 30.0 Å². The predicted octanol–water partition coefficient (Wildman–Crippen LogP) is 6.32. The number of thioether (sulfide) groups is 1. The van der Waals surface area contributed by atoms with Crippen molar-refractivity contribution in [1.29, 1.82) is 0 Å². The Morgan fingerprint density at radius 1 is 1.10 bits per heavy atom. The number of amides is 2. The molecule has 2 rings (SSSR count). The van der Waals surface area contributed by atoms with Gasteiger partial charge >= 0.3 is 0 Å². The number of nitrogens with one attached hydrogen (secondary N) is 1. The van der Waals surface area contributed by atoms with Crippen LogP contribution in [0.4, 0.5) is 0 Å². The second-order valence-electron chi connectivity index (χ2n) is 8.26. The van der Waals surface area contributed by atoms with Gasteiger partial charge in [0.15, 0.2) is 0 Å². The van der Waals surface area contributed by atoms with Gasteiger partial charge in [-0.05, 0) is 57.5 Å². The second-order valence-corrected chi connectivity index (χ2v) is 11.0. The predicted molar refractivity (Wildman–Crippen MR) is 135 cm³/mol. The number of rotatable bonds is 8. The zero-order valence-electron chi connectivity index (χ0n) is 18.0. The minimum Gasteiger partial charge on any atom is -0.350 e. The van der Waals surface area contributed by atoms with Gasteiger partial charge in [0.2, 0.25) is 11.8 Å². The summed E-state index contributed by atoms with van der Waals surface area (Å²) in [6.45, 7) is 7.60. The summed E-state index contributed by atoms with van der Waals surface area (Å²) in [5.41, 5.74) is 1.35. The summed E-state index contributed by atoms with van der Waals surface area (Å²) >= 11 is 17.6. The summed E-state index contributed by atoms with van der Waals surface area (Å²) in [6.07, 6.45) is 0. The van der Waals surface area contributed by atoms with Gasteiger partial charge in [0.25, 0.3) is 0 Å². The Hall–Kier alpha value is -1.21. The maximum Gasteiger partial charge on any atom is 0.242 e. The van der Waals surface area contributed by atoms with Crippen molar-refractivity contribution in [2.75, 3.05) is 5.75 Å². The molecule has 31 heavy (non-hydrogen) atoms. The molecule has 0 fully saturated rings. The number of benzene rings is 2. The number of nitrogens with zero attached hydrogens (tertiary/aromatic N) is 1. The first-order valence-electron chi connectivity index (χ1n) is 9.84. The topological polar surface area (TPSA) is 49.4 Å². The van der Waals surface area contributed by atoms with E-state index in [2.05, 4.69) is 21.2 Å². The average molecular weight is 546 g/mol. The molecule has 0 heterocycles. The zero-order valence-corrected chi connectivity index (χ0v) is 22.0.